The van der Waals surface area contributed by atoms with Crippen molar-refractivity contribution in [2.24, 2.45) is 11.7 Å². The Hall–Kier alpha value is -0.0800. The highest BCUT2D eigenvalue weighted by atomic mass is 14.9. The van der Waals surface area contributed by atoms with Gasteiger partial charge in [0.2, 0.25) is 0 Å². The second-order valence-corrected chi connectivity index (χ2v) is 4.81. The van der Waals surface area contributed by atoms with Crippen LogP contribution in [0, 0.1) is 5.92 Å². The van der Waals surface area contributed by atoms with Gasteiger partial charge in [-0.2, -0.15) is 0 Å². The second kappa shape index (κ2) is 4.97. The molecule has 0 aliphatic heterocycles. The van der Waals surface area contributed by atoms with Gasteiger partial charge in [0, 0.05) is 12.1 Å². The van der Waals surface area contributed by atoms with Crippen molar-refractivity contribution < 1.29 is 0 Å². The van der Waals surface area contributed by atoms with E-state index < -0.39 is 0 Å². The Morgan fingerprint density at radius 2 is 2.15 bits per heavy atom. The largest absolute Gasteiger partial charge is 0.324 e. The van der Waals surface area contributed by atoms with Crippen molar-refractivity contribution in [2.45, 2.75) is 51.5 Å². The van der Waals surface area contributed by atoms with Crippen LogP contribution < -0.4 is 11.1 Å². The van der Waals surface area contributed by atoms with Crippen LogP contribution in [0.1, 0.15) is 46.0 Å². The topological polar surface area (TPSA) is 38.0 Å². The molecule has 0 heterocycles. The summed E-state index contributed by atoms with van der Waals surface area (Å²) in [5, 5.41) is 3.46. The second-order valence-electron chi connectivity index (χ2n) is 4.81. The number of nitrogens with two attached hydrogens (primary N) is 1. The van der Waals surface area contributed by atoms with Crippen LogP contribution in [0.2, 0.25) is 0 Å². The molecular weight excluding hydrogens is 160 g/mol. The normalized spacial score (nSPS) is 21.5. The molecule has 0 spiro atoms. The summed E-state index contributed by atoms with van der Waals surface area (Å²) in [6, 6.07) is 0. The first-order chi connectivity index (χ1) is 6.14. The minimum atomic E-state index is -0.00169. The van der Waals surface area contributed by atoms with Gasteiger partial charge >= 0.3 is 0 Å². The highest BCUT2D eigenvalue weighted by molar-refractivity contribution is 4.81. The predicted octanol–water partition coefficient (Wildman–Crippen LogP) is 1.89. The van der Waals surface area contributed by atoms with Crippen LogP contribution in [-0.4, -0.2) is 18.6 Å². The van der Waals surface area contributed by atoms with Crippen molar-refractivity contribution in [1.82, 2.24) is 5.32 Å². The molecule has 0 amide bonds. The fourth-order valence-electron chi connectivity index (χ4n) is 1.75. The Morgan fingerprint density at radius 3 is 2.69 bits per heavy atom. The van der Waals surface area contributed by atoms with Crippen molar-refractivity contribution in [2.75, 3.05) is 13.1 Å². The van der Waals surface area contributed by atoms with Gasteiger partial charge in [-0.15, -0.1) is 0 Å². The fraction of sp³-hybridized carbons (Fsp3) is 1.00. The molecule has 3 N–H and O–H groups in total. The van der Waals surface area contributed by atoms with Crippen LogP contribution in [-0.2, 0) is 0 Å². The van der Waals surface area contributed by atoms with Crippen molar-refractivity contribution in [3.8, 4) is 0 Å². The summed E-state index contributed by atoms with van der Waals surface area (Å²) < 4.78 is 0. The van der Waals surface area contributed by atoms with Gasteiger partial charge in [0.15, 0.2) is 0 Å². The zero-order valence-electron chi connectivity index (χ0n) is 9.10. The first kappa shape index (κ1) is 11.0. The van der Waals surface area contributed by atoms with Gasteiger partial charge in [-0.1, -0.05) is 26.2 Å². The van der Waals surface area contributed by atoms with E-state index in [1.165, 1.54) is 25.7 Å². The summed E-state index contributed by atoms with van der Waals surface area (Å²) >= 11 is 0. The average Bonchev–Trinajstić information content (AvgIpc) is 2.81. The maximum Gasteiger partial charge on any atom is 0.0252 e. The lowest BCUT2D eigenvalue weighted by Gasteiger charge is -2.24. The Morgan fingerprint density at radius 1 is 1.46 bits per heavy atom. The van der Waals surface area contributed by atoms with Crippen molar-refractivity contribution in [3.63, 3.8) is 0 Å². The number of nitrogens with one attached hydrogen (secondary N) is 1. The molecule has 0 aromatic carbocycles. The summed E-state index contributed by atoms with van der Waals surface area (Å²) in [5.41, 5.74) is 6.10. The highest BCUT2D eigenvalue weighted by Crippen LogP contribution is 2.31. The average molecular weight is 184 g/mol. The fourth-order valence-corrected chi connectivity index (χ4v) is 1.75. The van der Waals surface area contributed by atoms with Crippen molar-refractivity contribution >= 4 is 0 Å². The molecule has 1 fully saturated rings. The molecule has 0 bridgehead atoms. The van der Waals surface area contributed by atoms with Gasteiger partial charge in [0.05, 0.1) is 0 Å². The van der Waals surface area contributed by atoms with Gasteiger partial charge < -0.3 is 11.1 Å². The summed E-state index contributed by atoms with van der Waals surface area (Å²) in [6.07, 6.45) is 6.55. The van der Waals surface area contributed by atoms with Crippen LogP contribution in [0.5, 0.6) is 0 Å². The zero-order valence-corrected chi connectivity index (χ0v) is 9.10. The summed E-state index contributed by atoms with van der Waals surface area (Å²) in [5.74, 6) is 1.03. The molecule has 2 nitrogen and oxygen atoms in total. The molecule has 1 rings (SSSR count). The van der Waals surface area contributed by atoms with E-state index in [-0.39, 0.29) is 5.54 Å². The van der Waals surface area contributed by atoms with Crippen LogP contribution in [0.4, 0.5) is 0 Å². The smallest absolute Gasteiger partial charge is 0.0252 e. The van der Waals surface area contributed by atoms with Gasteiger partial charge in [-0.25, -0.2) is 0 Å². The van der Waals surface area contributed by atoms with Crippen LogP contribution >= 0.6 is 0 Å². The minimum absolute atomic E-state index is 0.00169. The molecule has 0 aromatic heterocycles. The van der Waals surface area contributed by atoms with E-state index >= 15 is 0 Å². The molecule has 0 saturated heterocycles. The first-order valence-electron chi connectivity index (χ1n) is 5.63. The third kappa shape index (κ3) is 5.27. The van der Waals surface area contributed by atoms with Gasteiger partial charge in [-0.05, 0) is 32.2 Å². The third-order valence-electron chi connectivity index (χ3n) is 2.78. The lowest BCUT2D eigenvalue weighted by Crippen LogP contribution is -2.46. The molecule has 0 radical (unpaired) electrons. The SMILES string of the molecule is CCCC(C)(N)CNCCC1CC1. The Balaban J connectivity index is 1.95. The predicted molar refractivity (Wildman–Crippen MR) is 57.7 cm³/mol. The van der Waals surface area contributed by atoms with Gasteiger partial charge in [0.25, 0.3) is 0 Å². The molecule has 1 aliphatic carbocycles. The van der Waals surface area contributed by atoms with E-state index in [0.717, 1.165) is 25.4 Å². The zero-order chi connectivity index (χ0) is 9.73. The summed E-state index contributed by atoms with van der Waals surface area (Å²) in [6.45, 7) is 6.45. The Kier molecular flexibility index (Phi) is 4.20. The van der Waals surface area contributed by atoms with E-state index in [4.69, 9.17) is 5.73 Å². The summed E-state index contributed by atoms with van der Waals surface area (Å²) in [4.78, 5) is 0. The number of rotatable bonds is 7. The highest BCUT2D eigenvalue weighted by Gasteiger charge is 2.21. The Labute approximate surface area is 82.3 Å². The van der Waals surface area contributed by atoms with Crippen LogP contribution in [0.3, 0.4) is 0 Å². The van der Waals surface area contributed by atoms with Crippen molar-refractivity contribution in [3.05, 3.63) is 0 Å². The van der Waals surface area contributed by atoms with E-state index in [0.29, 0.717) is 0 Å². The molecule has 1 atom stereocenters. The standard InChI is InChI=1S/C11H24N2/c1-3-7-11(2,12)9-13-8-6-10-4-5-10/h10,13H,3-9,12H2,1-2H3. The molecule has 78 valence electrons. The maximum atomic E-state index is 6.10. The Bertz CT molecular complexity index is 139. The molecule has 0 aromatic rings. The maximum absolute atomic E-state index is 6.10. The van der Waals surface area contributed by atoms with Crippen LogP contribution in [0.15, 0.2) is 0 Å². The third-order valence-corrected chi connectivity index (χ3v) is 2.78. The number of hydrogen-bond donors (Lipinski definition) is 2. The molecule has 1 unspecified atom stereocenters. The van der Waals surface area contributed by atoms with Gasteiger partial charge in [-0.3, -0.25) is 0 Å². The lowest BCUT2D eigenvalue weighted by atomic mass is 9.98. The van der Waals surface area contributed by atoms with Gasteiger partial charge in [0.1, 0.15) is 0 Å². The minimum Gasteiger partial charge on any atom is -0.324 e. The lowest BCUT2D eigenvalue weighted by molar-refractivity contribution is 0.394. The number of hydrogen-bond acceptors (Lipinski definition) is 2. The summed E-state index contributed by atoms with van der Waals surface area (Å²) in [7, 11) is 0. The molecule has 2 heteroatoms. The quantitative estimate of drug-likeness (QED) is 0.593. The molecule has 1 aliphatic rings. The van der Waals surface area contributed by atoms with Crippen molar-refractivity contribution in [1.29, 1.82) is 0 Å². The van der Waals surface area contributed by atoms with E-state index in [1.807, 2.05) is 0 Å². The molecular formula is C11H24N2. The van der Waals surface area contributed by atoms with Crippen LogP contribution in [0.25, 0.3) is 0 Å². The molecule has 13 heavy (non-hydrogen) atoms. The first-order valence-corrected chi connectivity index (χ1v) is 5.63. The van der Waals surface area contributed by atoms with E-state index in [2.05, 4.69) is 19.2 Å². The van der Waals surface area contributed by atoms with E-state index in [1.54, 1.807) is 0 Å². The van der Waals surface area contributed by atoms with E-state index in [9.17, 15) is 0 Å². The molecule has 1 saturated carbocycles. The monoisotopic (exact) mass is 184 g/mol.